The van der Waals surface area contributed by atoms with Crippen molar-refractivity contribution in [2.24, 2.45) is 0 Å². The molecule has 13 heteroatoms. The molecule has 0 aliphatic rings. The van der Waals surface area contributed by atoms with Crippen molar-refractivity contribution in [2.75, 3.05) is 5.32 Å². The first-order valence-electron chi connectivity index (χ1n) is 8.28. The number of anilines is 1. The Balaban J connectivity index is 1.70. The molecule has 0 saturated carbocycles. The van der Waals surface area contributed by atoms with E-state index in [0.29, 0.717) is 42.7 Å². The van der Waals surface area contributed by atoms with Gasteiger partial charge in [0, 0.05) is 4.90 Å². The third kappa shape index (κ3) is 4.05. The van der Waals surface area contributed by atoms with Crippen molar-refractivity contribution < 1.29 is 9.53 Å². The van der Waals surface area contributed by atoms with Crippen LogP contribution in [0, 0.1) is 6.92 Å². The van der Waals surface area contributed by atoms with Crippen LogP contribution < -0.4 is 10.1 Å². The zero-order valence-corrected chi connectivity index (χ0v) is 18.8. The van der Waals surface area contributed by atoms with Gasteiger partial charge >= 0.3 is 0 Å². The van der Waals surface area contributed by atoms with E-state index in [2.05, 4.69) is 81.0 Å². The van der Waals surface area contributed by atoms with Crippen LogP contribution >= 0.6 is 50.5 Å². The van der Waals surface area contributed by atoms with Crippen LogP contribution in [0.15, 0.2) is 50.7 Å². The molecule has 4 aromatic heterocycles. The molecule has 1 amide bonds. The van der Waals surface area contributed by atoms with E-state index in [1.807, 2.05) is 0 Å². The first kappa shape index (κ1) is 20.8. The Hall–Kier alpha value is -2.48. The van der Waals surface area contributed by atoms with Crippen LogP contribution in [-0.4, -0.2) is 35.5 Å². The van der Waals surface area contributed by atoms with Crippen LogP contribution in [0.5, 0.6) is 11.5 Å². The van der Waals surface area contributed by atoms with Crippen molar-refractivity contribution in [2.45, 2.75) is 26.6 Å². The standard InChI is InChI=1S/C17H13N7O2S4/c1-7-18-3-9(4-19-7)26-8-2-10(15-23-20-6-24(15)5-8)16(25)21-14-12(28)11(27)13(29)17(30)22-14/h2-6,28-29H,1H3,(H3,21,22,25,27,30). The van der Waals surface area contributed by atoms with Gasteiger partial charge in [-0.05, 0) is 13.0 Å². The van der Waals surface area contributed by atoms with Crippen molar-refractivity contribution in [3.8, 4) is 11.5 Å². The fraction of sp³-hybridized carbons (Fsp3) is 0.0588. The maximum Gasteiger partial charge on any atom is 0.260 e. The predicted molar refractivity (Wildman–Crippen MR) is 121 cm³/mol. The SMILES string of the molecule is Cc1ncc(Oc2cc(C(=O)Nc3nc(S)c(S)c(S)c3S)c3nncn3c2)cn1. The summed E-state index contributed by atoms with van der Waals surface area (Å²) in [6, 6.07) is 1.54. The number of rotatable bonds is 4. The topological polar surface area (TPSA) is 107 Å². The van der Waals surface area contributed by atoms with Crippen LogP contribution in [0.4, 0.5) is 5.82 Å². The summed E-state index contributed by atoms with van der Waals surface area (Å²) < 4.78 is 7.35. The lowest BCUT2D eigenvalue weighted by molar-refractivity contribution is 0.102. The van der Waals surface area contributed by atoms with Crippen molar-refractivity contribution in [3.63, 3.8) is 0 Å². The van der Waals surface area contributed by atoms with Gasteiger partial charge in [0.15, 0.2) is 11.4 Å². The van der Waals surface area contributed by atoms with E-state index in [-0.39, 0.29) is 11.4 Å². The van der Waals surface area contributed by atoms with E-state index in [0.717, 1.165) is 0 Å². The predicted octanol–water partition coefficient (Wildman–Crippen LogP) is 3.42. The van der Waals surface area contributed by atoms with E-state index in [1.165, 1.54) is 24.8 Å². The number of nitrogens with one attached hydrogen (secondary N) is 1. The molecule has 4 aromatic rings. The molecule has 4 heterocycles. The Morgan fingerprint density at radius 2 is 1.80 bits per heavy atom. The minimum absolute atomic E-state index is 0.187. The normalized spacial score (nSPS) is 11.0. The second-order valence-electron chi connectivity index (χ2n) is 6.00. The quantitative estimate of drug-likeness (QED) is 0.288. The Morgan fingerprint density at radius 3 is 2.53 bits per heavy atom. The van der Waals surface area contributed by atoms with Gasteiger partial charge in [0.05, 0.1) is 33.9 Å². The van der Waals surface area contributed by atoms with Crippen molar-refractivity contribution in [3.05, 3.63) is 42.4 Å². The molecule has 0 aliphatic heterocycles. The summed E-state index contributed by atoms with van der Waals surface area (Å²) in [6.07, 6.45) is 6.18. The van der Waals surface area contributed by atoms with Gasteiger partial charge in [0.2, 0.25) is 0 Å². The lowest BCUT2D eigenvalue weighted by Crippen LogP contribution is -2.15. The first-order valence-corrected chi connectivity index (χ1v) is 10.1. The molecule has 0 aromatic carbocycles. The second kappa shape index (κ2) is 8.34. The highest BCUT2D eigenvalue weighted by Crippen LogP contribution is 2.34. The Morgan fingerprint density at radius 1 is 1.07 bits per heavy atom. The molecule has 1 N–H and O–H groups in total. The van der Waals surface area contributed by atoms with Gasteiger partial charge in [-0.15, -0.1) is 60.7 Å². The molecule has 0 atom stereocenters. The number of ether oxygens (including phenoxy) is 1. The minimum atomic E-state index is -0.492. The average molecular weight is 476 g/mol. The van der Waals surface area contributed by atoms with Gasteiger partial charge in [-0.1, -0.05) is 0 Å². The minimum Gasteiger partial charge on any atom is -0.453 e. The molecular weight excluding hydrogens is 463 g/mol. The van der Waals surface area contributed by atoms with Crippen molar-refractivity contribution >= 4 is 67.9 Å². The summed E-state index contributed by atoms with van der Waals surface area (Å²) in [5, 5.41) is 10.9. The Labute approximate surface area is 192 Å². The number of fused-ring (bicyclic) bond motifs is 1. The zero-order chi connectivity index (χ0) is 21.4. The smallest absolute Gasteiger partial charge is 0.260 e. The lowest BCUT2D eigenvalue weighted by Gasteiger charge is -2.13. The number of nitrogens with zero attached hydrogens (tertiary/aromatic N) is 6. The van der Waals surface area contributed by atoms with E-state index in [1.54, 1.807) is 17.5 Å². The van der Waals surface area contributed by atoms with Gasteiger partial charge < -0.3 is 10.1 Å². The zero-order valence-electron chi connectivity index (χ0n) is 15.2. The van der Waals surface area contributed by atoms with E-state index in [9.17, 15) is 4.79 Å². The van der Waals surface area contributed by atoms with Crippen LogP contribution in [0.2, 0.25) is 0 Å². The number of aryl methyl sites for hydroxylation is 1. The van der Waals surface area contributed by atoms with E-state index in [4.69, 9.17) is 4.74 Å². The van der Waals surface area contributed by atoms with Gasteiger partial charge in [-0.3, -0.25) is 9.20 Å². The van der Waals surface area contributed by atoms with Gasteiger partial charge in [-0.2, -0.15) is 0 Å². The highest BCUT2D eigenvalue weighted by Gasteiger charge is 2.19. The monoisotopic (exact) mass is 475 g/mol. The summed E-state index contributed by atoms with van der Waals surface area (Å²) in [7, 11) is 0. The highest BCUT2D eigenvalue weighted by molar-refractivity contribution is 7.86. The third-order valence-electron chi connectivity index (χ3n) is 3.94. The molecule has 0 bridgehead atoms. The summed E-state index contributed by atoms with van der Waals surface area (Å²) in [5.74, 6) is 1.10. The fourth-order valence-electron chi connectivity index (χ4n) is 2.51. The van der Waals surface area contributed by atoms with Crippen LogP contribution in [0.25, 0.3) is 5.65 Å². The Bertz CT molecular complexity index is 1280. The molecule has 0 unspecified atom stereocenters. The molecule has 0 aliphatic carbocycles. The largest absolute Gasteiger partial charge is 0.453 e. The number of carbonyl (C=O) groups excluding carboxylic acids is 1. The van der Waals surface area contributed by atoms with Gasteiger partial charge in [-0.25, -0.2) is 15.0 Å². The summed E-state index contributed by atoms with van der Waals surface area (Å²) in [6.45, 7) is 1.77. The molecule has 30 heavy (non-hydrogen) atoms. The molecule has 0 radical (unpaired) electrons. The van der Waals surface area contributed by atoms with Crippen LogP contribution in [-0.2, 0) is 0 Å². The lowest BCUT2D eigenvalue weighted by atomic mass is 10.2. The maximum atomic E-state index is 13.0. The maximum absolute atomic E-state index is 13.0. The van der Waals surface area contributed by atoms with Crippen LogP contribution in [0.1, 0.15) is 16.2 Å². The van der Waals surface area contributed by atoms with Crippen LogP contribution in [0.3, 0.4) is 0 Å². The molecule has 0 saturated heterocycles. The summed E-state index contributed by atoms with van der Waals surface area (Å²) in [4.78, 5) is 26.7. The highest BCUT2D eigenvalue weighted by atomic mass is 32.1. The van der Waals surface area contributed by atoms with E-state index < -0.39 is 5.91 Å². The number of hydrogen-bond donors (Lipinski definition) is 5. The molecule has 4 rings (SSSR count). The molecule has 9 nitrogen and oxygen atoms in total. The van der Waals surface area contributed by atoms with Gasteiger partial charge in [0.1, 0.15) is 28.7 Å². The second-order valence-corrected chi connectivity index (χ2v) is 7.77. The van der Waals surface area contributed by atoms with E-state index >= 15 is 0 Å². The first-order chi connectivity index (χ1) is 14.3. The summed E-state index contributed by atoms with van der Waals surface area (Å²) >= 11 is 17.2. The average Bonchev–Trinajstić information content (AvgIpc) is 3.20. The number of amides is 1. The molecule has 0 fully saturated rings. The fourth-order valence-corrected chi connectivity index (χ4v) is 3.49. The number of hydrogen-bond acceptors (Lipinski definition) is 11. The molecule has 152 valence electrons. The van der Waals surface area contributed by atoms with Gasteiger partial charge in [0.25, 0.3) is 5.91 Å². The number of pyridine rings is 2. The third-order valence-corrected chi connectivity index (χ3v) is 6.11. The van der Waals surface area contributed by atoms with Crippen molar-refractivity contribution in [1.29, 1.82) is 0 Å². The number of aromatic nitrogens is 6. The number of carbonyl (C=O) groups is 1. The molecule has 0 spiro atoms. The van der Waals surface area contributed by atoms with Crippen molar-refractivity contribution in [1.82, 2.24) is 29.5 Å². The molecular formula is C17H13N7O2S4. The Kier molecular flexibility index (Phi) is 5.77. The number of thiol groups is 4. The summed E-state index contributed by atoms with van der Waals surface area (Å²) in [5.41, 5.74) is 0.549.